The van der Waals surface area contributed by atoms with Crippen LogP contribution in [0.3, 0.4) is 0 Å². The second kappa shape index (κ2) is 17.2. The quantitative estimate of drug-likeness (QED) is 0.280. The molecule has 0 spiro atoms. The fraction of sp³-hybridized carbons (Fsp3) is 0.447. The highest BCUT2D eigenvalue weighted by Gasteiger charge is 2.31. The van der Waals surface area contributed by atoms with E-state index in [1.165, 1.54) is 0 Å². The number of hydrogen-bond acceptors (Lipinski definition) is 8. The summed E-state index contributed by atoms with van der Waals surface area (Å²) < 4.78 is 23.5. The number of anilines is 2. The molecule has 2 heterocycles. The molecule has 0 aromatic heterocycles. The highest BCUT2D eigenvalue weighted by molar-refractivity contribution is 6.00. The number of likely N-dealkylation sites (N-methyl/N-ethyl adjacent to an activating group) is 1. The smallest absolute Gasteiger partial charge is 0.321 e. The Bertz CT molecular complexity index is 1620. The summed E-state index contributed by atoms with van der Waals surface area (Å²) in [5, 5.41) is 16.1. The van der Waals surface area contributed by atoms with Gasteiger partial charge in [-0.15, -0.1) is 0 Å². The van der Waals surface area contributed by atoms with Crippen molar-refractivity contribution in [3.8, 4) is 17.2 Å². The maximum absolute atomic E-state index is 14.4. The summed E-state index contributed by atoms with van der Waals surface area (Å²) >= 11 is 0. The van der Waals surface area contributed by atoms with Crippen LogP contribution in [0.25, 0.3) is 0 Å². The van der Waals surface area contributed by atoms with Gasteiger partial charge in [0.05, 0.1) is 36.8 Å². The number of urea groups is 1. The summed E-state index contributed by atoms with van der Waals surface area (Å²) in [7, 11) is 1.70. The van der Waals surface area contributed by atoms with Crippen molar-refractivity contribution in [1.82, 2.24) is 9.80 Å². The zero-order valence-corrected chi connectivity index (χ0v) is 29.2. The monoisotopic (exact) mass is 688 g/mol. The molecule has 0 saturated heterocycles. The van der Waals surface area contributed by atoms with E-state index >= 15 is 0 Å². The van der Waals surface area contributed by atoms with Crippen molar-refractivity contribution in [2.75, 3.05) is 50.8 Å². The normalized spacial score (nSPS) is 20.1. The minimum Gasteiger partial charge on any atom is -0.490 e. The number of carbonyl (C=O) groups is 3. The molecular weight excluding hydrogens is 640 g/mol. The molecule has 12 nitrogen and oxygen atoms in total. The van der Waals surface area contributed by atoms with E-state index in [1.54, 1.807) is 60.2 Å². The van der Waals surface area contributed by atoms with Crippen LogP contribution in [0.4, 0.5) is 16.2 Å². The summed E-state index contributed by atoms with van der Waals surface area (Å²) in [6.45, 7) is 6.58. The van der Waals surface area contributed by atoms with E-state index in [-0.39, 0.29) is 68.3 Å². The largest absolute Gasteiger partial charge is 0.490 e. The van der Waals surface area contributed by atoms with Crippen LogP contribution in [0.15, 0.2) is 66.7 Å². The third-order valence-electron chi connectivity index (χ3n) is 8.97. The molecule has 50 heavy (non-hydrogen) atoms. The number of ether oxygens (including phenoxy) is 4. The minimum atomic E-state index is -0.535. The van der Waals surface area contributed by atoms with Crippen molar-refractivity contribution >= 4 is 29.2 Å². The third kappa shape index (κ3) is 9.66. The molecule has 268 valence electrons. The summed E-state index contributed by atoms with van der Waals surface area (Å²) in [6.07, 6.45) is 1.96. The molecular formula is C38H48N4O8. The fourth-order valence-electron chi connectivity index (χ4n) is 6.00. The average molecular weight is 689 g/mol. The standard InChI is InChI=1S/C38H48N4O8/c1-25-21-42(26(2)23-43)37(45)31-19-29(39-36(44)18-28-11-6-5-7-12-28)13-15-32(31)50-27(3)10-8-9-17-47-35(25)22-41(4)38(46)40-30-14-16-33-34(20-30)49-24-48-33/h5-7,11-16,19-20,25-27,35,43H,8-10,17-18,21-24H2,1-4H3,(H,39,44)(H,40,46)/t25-,26+,27-,35+/m1/s1. The number of benzene rings is 3. The second-order valence-corrected chi connectivity index (χ2v) is 13.1. The lowest BCUT2D eigenvalue weighted by Crippen LogP contribution is -2.48. The molecule has 4 atom stereocenters. The molecule has 12 heteroatoms. The zero-order chi connectivity index (χ0) is 35.6. The van der Waals surface area contributed by atoms with E-state index in [0.29, 0.717) is 35.2 Å². The van der Waals surface area contributed by atoms with Gasteiger partial charge in [0.25, 0.3) is 5.91 Å². The van der Waals surface area contributed by atoms with Gasteiger partial charge in [-0.3, -0.25) is 9.59 Å². The van der Waals surface area contributed by atoms with Gasteiger partial charge in [0.2, 0.25) is 12.7 Å². The lowest BCUT2D eigenvalue weighted by Gasteiger charge is -2.35. The molecule has 2 aliphatic heterocycles. The predicted octanol–water partition coefficient (Wildman–Crippen LogP) is 5.56. The summed E-state index contributed by atoms with van der Waals surface area (Å²) in [5.74, 6) is 0.829. The van der Waals surface area contributed by atoms with Crippen molar-refractivity contribution in [1.29, 1.82) is 0 Å². The lowest BCUT2D eigenvalue weighted by molar-refractivity contribution is -0.115. The first kappa shape index (κ1) is 36.5. The molecule has 4 amide bonds. The van der Waals surface area contributed by atoms with E-state index in [9.17, 15) is 19.5 Å². The van der Waals surface area contributed by atoms with Gasteiger partial charge in [-0.2, -0.15) is 0 Å². The molecule has 0 unspecified atom stereocenters. The SMILES string of the molecule is C[C@@H]1CCCCO[C@@H](CN(C)C(=O)Nc2ccc3c(c2)OCO3)[C@H](C)CN([C@@H](C)CO)C(=O)c2cc(NC(=O)Cc3ccccc3)ccc2O1. The number of nitrogens with one attached hydrogen (secondary N) is 2. The number of aliphatic hydroxyl groups excluding tert-OH is 1. The number of amides is 4. The zero-order valence-electron chi connectivity index (χ0n) is 29.2. The van der Waals surface area contributed by atoms with Crippen LogP contribution >= 0.6 is 0 Å². The third-order valence-corrected chi connectivity index (χ3v) is 8.97. The lowest BCUT2D eigenvalue weighted by atomic mass is 10.0. The Hall–Kier alpha value is -4.81. The molecule has 3 aromatic carbocycles. The van der Waals surface area contributed by atoms with E-state index < -0.39 is 12.1 Å². The Balaban J connectivity index is 1.35. The fourth-order valence-corrected chi connectivity index (χ4v) is 6.00. The Labute approximate surface area is 293 Å². The van der Waals surface area contributed by atoms with Gasteiger partial charge < -0.3 is 44.5 Å². The van der Waals surface area contributed by atoms with E-state index in [0.717, 1.165) is 24.8 Å². The van der Waals surface area contributed by atoms with Crippen LogP contribution in [-0.4, -0.2) is 91.1 Å². The van der Waals surface area contributed by atoms with E-state index in [4.69, 9.17) is 18.9 Å². The highest BCUT2D eigenvalue weighted by Crippen LogP contribution is 2.34. The van der Waals surface area contributed by atoms with Crippen molar-refractivity contribution < 1.29 is 38.4 Å². The van der Waals surface area contributed by atoms with Crippen LogP contribution in [0.5, 0.6) is 17.2 Å². The number of rotatable bonds is 8. The van der Waals surface area contributed by atoms with Crippen LogP contribution < -0.4 is 24.8 Å². The van der Waals surface area contributed by atoms with E-state index in [1.807, 2.05) is 44.2 Å². The van der Waals surface area contributed by atoms with Crippen molar-refractivity contribution in [3.63, 3.8) is 0 Å². The molecule has 0 fully saturated rings. The van der Waals surface area contributed by atoms with Crippen molar-refractivity contribution in [3.05, 3.63) is 77.9 Å². The van der Waals surface area contributed by atoms with Gasteiger partial charge in [0.1, 0.15) is 5.75 Å². The van der Waals surface area contributed by atoms with Gasteiger partial charge in [-0.05, 0) is 69.0 Å². The van der Waals surface area contributed by atoms with Gasteiger partial charge in [-0.25, -0.2) is 4.79 Å². The average Bonchev–Trinajstić information content (AvgIpc) is 3.58. The summed E-state index contributed by atoms with van der Waals surface area (Å²) in [5.41, 5.74) is 2.21. The first-order valence-corrected chi connectivity index (χ1v) is 17.2. The first-order valence-electron chi connectivity index (χ1n) is 17.2. The summed E-state index contributed by atoms with van der Waals surface area (Å²) in [6, 6.07) is 18.9. The molecule has 3 aromatic rings. The molecule has 0 saturated carbocycles. The molecule has 0 radical (unpaired) electrons. The van der Waals surface area contributed by atoms with Gasteiger partial charge in [0.15, 0.2) is 11.5 Å². The maximum atomic E-state index is 14.4. The van der Waals surface area contributed by atoms with Crippen LogP contribution in [-0.2, 0) is 16.0 Å². The van der Waals surface area contributed by atoms with Gasteiger partial charge in [0, 0.05) is 50.1 Å². The van der Waals surface area contributed by atoms with Gasteiger partial charge in [-0.1, -0.05) is 37.3 Å². The Kier molecular flexibility index (Phi) is 12.6. The molecule has 3 N–H and O–H groups in total. The van der Waals surface area contributed by atoms with Crippen LogP contribution in [0, 0.1) is 5.92 Å². The summed E-state index contributed by atoms with van der Waals surface area (Å²) in [4.78, 5) is 43.7. The number of aliphatic hydroxyl groups is 1. The molecule has 2 aliphatic rings. The van der Waals surface area contributed by atoms with Crippen molar-refractivity contribution in [2.24, 2.45) is 5.92 Å². The van der Waals surface area contributed by atoms with E-state index in [2.05, 4.69) is 10.6 Å². The number of fused-ring (bicyclic) bond motifs is 2. The molecule has 0 aliphatic carbocycles. The maximum Gasteiger partial charge on any atom is 0.321 e. The van der Waals surface area contributed by atoms with Crippen LogP contribution in [0.2, 0.25) is 0 Å². The Morgan fingerprint density at radius 2 is 1.68 bits per heavy atom. The van der Waals surface area contributed by atoms with Crippen LogP contribution in [0.1, 0.15) is 56.0 Å². The minimum absolute atomic E-state index is 0.141. The number of nitrogens with zero attached hydrogens (tertiary/aromatic N) is 2. The molecule has 0 bridgehead atoms. The van der Waals surface area contributed by atoms with Gasteiger partial charge >= 0.3 is 6.03 Å². The topological polar surface area (TPSA) is 139 Å². The Morgan fingerprint density at radius 1 is 0.960 bits per heavy atom. The molecule has 5 rings (SSSR count). The predicted molar refractivity (Wildman–Crippen MR) is 190 cm³/mol. The second-order valence-electron chi connectivity index (χ2n) is 13.1. The number of carbonyl (C=O) groups excluding carboxylic acids is 3. The van der Waals surface area contributed by atoms with Crippen molar-refractivity contribution in [2.45, 2.75) is 64.7 Å². The Morgan fingerprint density at radius 3 is 2.44 bits per heavy atom. The first-order chi connectivity index (χ1) is 24.1. The highest BCUT2D eigenvalue weighted by atomic mass is 16.7. The number of hydrogen-bond donors (Lipinski definition) is 3.